The Bertz CT molecular complexity index is 869. The Kier molecular flexibility index (Phi) is 10.0. The lowest BCUT2D eigenvalue weighted by Crippen LogP contribution is -2.39. The van der Waals surface area contributed by atoms with Crippen molar-refractivity contribution in [1.29, 1.82) is 0 Å². The molecule has 2 aromatic rings. The van der Waals surface area contributed by atoms with Crippen molar-refractivity contribution in [3.8, 4) is 0 Å². The predicted molar refractivity (Wildman–Crippen MR) is 136 cm³/mol. The molecule has 3 N–H and O–H groups in total. The number of nitrogens with zero attached hydrogens (tertiary/aromatic N) is 2. The summed E-state index contributed by atoms with van der Waals surface area (Å²) in [4.78, 5) is 19.0. The molecule has 6 nitrogen and oxygen atoms in total. The van der Waals surface area contributed by atoms with E-state index in [1.165, 1.54) is 48.4 Å². The van der Waals surface area contributed by atoms with Crippen LogP contribution in [0.15, 0.2) is 53.5 Å². The number of aliphatic imine (C=N–C) groups is 1. The fraction of sp³-hybridized carbons (Fsp3) is 0.391. The summed E-state index contributed by atoms with van der Waals surface area (Å²) in [5.74, 6) is -0.0271. The second kappa shape index (κ2) is 12.5. The monoisotopic (exact) mass is 539 g/mol. The lowest BCUT2D eigenvalue weighted by Gasteiger charge is -2.22. The highest BCUT2D eigenvalue weighted by atomic mass is 127. The molecule has 31 heavy (non-hydrogen) atoms. The molecule has 1 unspecified atom stereocenters. The number of halogens is 2. The van der Waals surface area contributed by atoms with E-state index in [1.54, 1.807) is 0 Å². The van der Waals surface area contributed by atoms with E-state index in [0.29, 0.717) is 18.2 Å². The third-order valence-corrected chi connectivity index (χ3v) is 5.05. The average molecular weight is 539 g/mol. The van der Waals surface area contributed by atoms with Gasteiger partial charge < -0.3 is 20.9 Å². The van der Waals surface area contributed by atoms with Crippen LogP contribution >= 0.6 is 24.0 Å². The molecule has 0 radical (unpaired) electrons. The van der Waals surface area contributed by atoms with Gasteiger partial charge in [0.05, 0.1) is 6.04 Å². The van der Waals surface area contributed by atoms with Crippen LogP contribution in [-0.2, 0) is 4.79 Å². The zero-order valence-electron chi connectivity index (χ0n) is 18.0. The normalized spacial score (nSPS) is 14.5. The van der Waals surface area contributed by atoms with Gasteiger partial charge in [0.1, 0.15) is 12.4 Å². The number of benzene rings is 2. The van der Waals surface area contributed by atoms with Crippen LogP contribution in [0.3, 0.4) is 0 Å². The van der Waals surface area contributed by atoms with E-state index in [0.717, 1.165) is 13.1 Å². The molecule has 1 atom stereocenters. The molecule has 1 aliphatic heterocycles. The molecule has 168 valence electrons. The summed E-state index contributed by atoms with van der Waals surface area (Å²) in [6.07, 6.45) is 2.49. The summed E-state index contributed by atoms with van der Waals surface area (Å²) < 4.78 is 13.0. The van der Waals surface area contributed by atoms with Gasteiger partial charge in [-0.05, 0) is 68.7 Å². The summed E-state index contributed by atoms with van der Waals surface area (Å²) in [5.41, 5.74) is 2.96. The quantitative estimate of drug-likeness (QED) is 0.279. The molecule has 1 amide bonds. The Morgan fingerprint density at radius 2 is 1.87 bits per heavy atom. The first kappa shape index (κ1) is 24.9. The van der Waals surface area contributed by atoms with Crippen LogP contribution in [0.25, 0.3) is 0 Å². The summed E-state index contributed by atoms with van der Waals surface area (Å²) in [7, 11) is 0. The molecule has 0 saturated carbocycles. The fourth-order valence-corrected chi connectivity index (χ4v) is 3.46. The zero-order chi connectivity index (χ0) is 21.3. The highest BCUT2D eigenvalue weighted by Gasteiger charge is 2.14. The van der Waals surface area contributed by atoms with Gasteiger partial charge in [0, 0.05) is 31.0 Å². The van der Waals surface area contributed by atoms with Crippen molar-refractivity contribution in [2.24, 2.45) is 4.99 Å². The van der Waals surface area contributed by atoms with Crippen LogP contribution < -0.4 is 20.9 Å². The third-order valence-electron chi connectivity index (χ3n) is 5.05. The molecule has 1 saturated heterocycles. The largest absolute Gasteiger partial charge is 0.372 e. The van der Waals surface area contributed by atoms with Crippen molar-refractivity contribution in [1.82, 2.24) is 10.6 Å². The number of rotatable bonds is 7. The van der Waals surface area contributed by atoms with Crippen molar-refractivity contribution >= 4 is 47.2 Å². The van der Waals surface area contributed by atoms with Crippen LogP contribution in [0, 0.1) is 5.82 Å². The van der Waals surface area contributed by atoms with E-state index in [2.05, 4.69) is 57.0 Å². The smallest absolute Gasteiger partial charge is 0.246 e. The topological polar surface area (TPSA) is 68.8 Å². The number of hydrogen-bond acceptors (Lipinski definition) is 3. The van der Waals surface area contributed by atoms with Crippen molar-refractivity contribution in [3.63, 3.8) is 0 Å². The van der Waals surface area contributed by atoms with Crippen molar-refractivity contribution in [3.05, 3.63) is 59.9 Å². The third kappa shape index (κ3) is 7.68. The molecule has 8 heteroatoms. The number of amides is 1. The summed E-state index contributed by atoms with van der Waals surface area (Å²) >= 11 is 0. The number of guanidine groups is 1. The molecule has 0 aromatic heterocycles. The Hall–Kier alpha value is -2.36. The highest BCUT2D eigenvalue weighted by molar-refractivity contribution is 14.0. The first-order chi connectivity index (χ1) is 14.5. The Labute approximate surface area is 200 Å². The molecule has 1 heterocycles. The second-order valence-electron chi connectivity index (χ2n) is 7.41. The van der Waals surface area contributed by atoms with Gasteiger partial charge in [-0.25, -0.2) is 9.38 Å². The summed E-state index contributed by atoms with van der Waals surface area (Å²) in [6, 6.07) is 14.2. The van der Waals surface area contributed by atoms with Gasteiger partial charge in [0.2, 0.25) is 5.91 Å². The Morgan fingerprint density at radius 3 is 2.55 bits per heavy atom. The second-order valence-corrected chi connectivity index (χ2v) is 7.41. The summed E-state index contributed by atoms with van der Waals surface area (Å²) in [6.45, 7) is 6.93. The van der Waals surface area contributed by atoms with Crippen molar-refractivity contribution in [2.75, 3.05) is 36.4 Å². The molecule has 1 aliphatic rings. The van der Waals surface area contributed by atoms with Gasteiger partial charge in [-0.1, -0.05) is 12.1 Å². The van der Waals surface area contributed by atoms with E-state index in [1.807, 2.05) is 6.92 Å². The van der Waals surface area contributed by atoms with E-state index >= 15 is 0 Å². The van der Waals surface area contributed by atoms with E-state index in [-0.39, 0.29) is 48.3 Å². The maximum Gasteiger partial charge on any atom is 0.246 e. The number of anilines is 2. The van der Waals surface area contributed by atoms with Gasteiger partial charge in [0.15, 0.2) is 5.96 Å². The average Bonchev–Trinajstić information content (AvgIpc) is 3.29. The molecular formula is C23H31FIN5O. The summed E-state index contributed by atoms with van der Waals surface area (Å²) in [5, 5.41) is 9.26. The number of carbonyl (C=O) groups excluding carboxylic acids is 1. The fourth-order valence-electron chi connectivity index (χ4n) is 3.46. The van der Waals surface area contributed by atoms with Gasteiger partial charge >= 0.3 is 0 Å². The minimum atomic E-state index is -0.340. The molecular weight excluding hydrogens is 508 g/mol. The minimum Gasteiger partial charge on any atom is -0.372 e. The lowest BCUT2D eigenvalue weighted by atomic mass is 10.1. The Morgan fingerprint density at radius 1 is 1.16 bits per heavy atom. The van der Waals surface area contributed by atoms with Crippen molar-refractivity contribution in [2.45, 2.75) is 32.7 Å². The molecule has 2 aromatic carbocycles. The van der Waals surface area contributed by atoms with Gasteiger partial charge in [-0.15, -0.1) is 24.0 Å². The molecule has 0 bridgehead atoms. The number of nitrogens with one attached hydrogen (secondary N) is 3. The van der Waals surface area contributed by atoms with E-state index in [4.69, 9.17) is 0 Å². The van der Waals surface area contributed by atoms with E-state index in [9.17, 15) is 9.18 Å². The van der Waals surface area contributed by atoms with Crippen LogP contribution in [0.2, 0.25) is 0 Å². The standard InChI is InChI=1S/C23H30FN5O.HI/c1-3-25-23(26-16-22(30)28-20-11-9-19(24)10-12-20)27-17(2)18-7-6-8-21(15-18)29-13-4-5-14-29;/h6-12,15,17H,3-5,13-14,16H2,1-2H3,(H,28,30)(H2,25,26,27);1H. The predicted octanol–water partition coefficient (Wildman–Crippen LogP) is 4.30. The van der Waals surface area contributed by atoms with E-state index < -0.39 is 0 Å². The molecule has 0 aliphatic carbocycles. The van der Waals surface area contributed by atoms with Gasteiger partial charge in [0.25, 0.3) is 0 Å². The van der Waals surface area contributed by atoms with Crippen LogP contribution in [0.4, 0.5) is 15.8 Å². The molecule has 0 spiro atoms. The number of carbonyl (C=O) groups is 1. The first-order valence-electron chi connectivity index (χ1n) is 10.5. The first-order valence-corrected chi connectivity index (χ1v) is 10.5. The molecule has 1 fully saturated rings. The zero-order valence-corrected chi connectivity index (χ0v) is 20.4. The Balaban J connectivity index is 0.00000341. The van der Waals surface area contributed by atoms with Crippen molar-refractivity contribution < 1.29 is 9.18 Å². The minimum absolute atomic E-state index is 0. The number of hydrogen-bond donors (Lipinski definition) is 3. The SMILES string of the molecule is CCNC(=NCC(=O)Nc1ccc(F)cc1)NC(C)c1cccc(N2CCCC2)c1.I. The maximum absolute atomic E-state index is 13.0. The maximum atomic E-state index is 13.0. The van der Waals surface area contributed by atoms with Crippen LogP contribution in [-0.4, -0.2) is 38.0 Å². The van der Waals surface area contributed by atoms with Gasteiger partial charge in [-0.2, -0.15) is 0 Å². The van der Waals surface area contributed by atoms with Gasteiger partial charge in [-0.3, -0.25) is 4.79 Å². The highest BCUT2D eigenvalue weighted by Crippen LogP contribution is 2.23. The van der Waals surface area contributed by atoms with Crippen LogP contribution in [0.5, 0.6) is 0 Å². The molecule has 3 rings (SSSR count). The van der Waals surface area contributed by atoms with Crippen LogP contribution in [0.1, 0.15) is 38.3 Å². The lowest BCUT2D eigenvalue weighted by molar-refractivity contribution is -0.114.